The zero-order chi connectivity index (χ0) is 26.6. The summed E-state index contributed by atoms with van der Waals surface area (Å²) in [5.41, 5.74) is 7.30. The number of aromatic nitrogens is 2. The van der Waals surface area contributed by atoms with Crippen molar-refractivity contribution in [1.29, 1.82) is 0 Å². The van der Waals surface area contributed by atoms with Gasteiger partial charge in [-0.15, -0.1) is 0 Å². The van der Waals surface area contributed by atoms with E-state index in [9.17, 15) is 4.39 Å². The fraction of sp³-hybridized carbons (Fsp3) is 0.290. The maximum absolute atomic E-state index is 15.7. The van der Waals surface area contributed by atoms with Gasteiger partial charge in [-0.1, -0.05) is 50.8 Å². The quantitative estimate of drug-likeness (QED) is 0.339. The average Bonchev–Trinajstić information content (AvgIpc) is 3.23. The van der Waals surface area contributed by atoms with E-state index in [0.717, 1.165) is 39.8 Å². The zero-order valence-corrected chi connectivity index (χ0v) is 21.9. The number of ether oxygens (including phenoxy) is 1. The second-order valence-electron chi connectivity index (χ2n) is 10.7. The summed E-state index contributed by atoms with van der Waals surface area (Å²) < 4.78 is 35.9. The number of anilines is 2. The normalized spacial score (nSPS) is 16.4. The van der Waals surface area contributed by atoms with E-state index in [1.807, 2.05) is 43.5 Å². The van der Waals surface area contributed by atoms with Gasteiger partial charge in [0.25, 0.3) is 0 Å². The van der Waals surface area contributed by atoms with Crippen LogP contribution in [0.4, 0.5) is 20.2 Å². The first kappa shape index (κ1) is 24.5. The Hall–Kier alpha value is -3.84. The molecular formula is C31H30F2N4O. The highest BCUT2D eigenvalue weighted by Gasteiger charge is 2.36. The number of nitrogens with one attached hydrogen (secondary N) is 1. The predicted molar refractivity (Wildman–Crippen MR) is 149 cm³/mol. The number of halogens is 2. The number of morpholine rings is 1. The highest BCUT2D eigenvalue weighted by molar-refractivity contribution is 6.06. The van der Waals surface area contributed by atoms with Crippen molar-refractivity contribution in [3.63, 3.8) is 0 Å². The van der Waals surface area contributed by atoms with Crippen molar-refractivity contribution in [3.05, 3.63) is 89.4 Å². The van der Waals surface area contributed by atoms with Gasteiger partial charge in [-0.3, -0.25) is 4.98 Å². The van der Waals surface area contributed by atoms with Crippen molar-refractivity contribution in [2.75, 3.05) is 43.1 Å². The lowest BCUT2D eigenvalue weighted by atomic mass is 9.86. The third-order valence-electron chi connectivity index (χ3n) is 7.66. The number of nitrogens with zero attached hydrogens (tertiary/aromatic N) is 3. The molecule has 0 aliphatic carbocycles. The summed E-state index contributed by atoms with van der Waals surface area (Å²) in [6.45, 7) is 13.9. The van der Waals surface area contributed by atoms with Gasteiger partial charge in [0.15, 0.2) is 0 Å². The maximum Gasteiger partial charge on any atom is 0.136 e. The summed E-state index contributed by atoms with van der Waals surface area (Å²) in [4.78, 5) is 11.9. The molecule has 0 atom stereocenters. The van der Waals surface area contributed by atoms with Crippen molar-refractivity contribution < 1.29 is 13.5 Å². The van der Waals surface area contributed by atoms with Crippen LogP contribution in [0.25, 0.3) is 27.6 Å². The van der Waals surface area contributed by atoms with Crippen molar-refractivity contribution in [3.8, 4) is 11.1 Å². The molecule has 2 aromatic heterocycles. The Morgan fingerprint density at radius 3 is 2.55 bits per heavy atom. The maximum atomic E-state index is 15.7. The molecule has 194 valence electrons. The largest absolute Gasteiger partial charge is 0.382 e. The lowest BCUT2D eigenvalue weighted by molar-refractivity contribution is 0.122. The summed E-state index contributed by atoms with van der Waals surface area (Å²) in [6, 6.07) is 12.0. The van der Waals surface area contributed by atoms with Gasteiger partial charge in [0.2, 0.25) is 0 Å². The van der Waals surface area contributed by atoms with E-state index in [1.165, 1.54) is 6.07 Å². The lowest BCUT2D eigenvalue weighted by Crippen LogP contribution is -2.36. The van der Waals surface area contributed by atoms with E-state index in [-0.39, 0.29) is 10.9 Å². The van der Waals surface area contributed by atoms with Crippen molar-refractivity contribution in [2.45, 2.75) is 26.2 Å². The van der Waals surface area contributed by atoms with Crippen LogP contribution < -0.4 is 10.2 Å². The van der Waals surface area contributed by atoms with E-state index in [2.05, 4.69) is 30.6 Å². The molecule has 0 unspecified atom stereocenters. The van der Waals surface area contributed by atoms with Gasteiger partial charge in [0, 0.05) is 59.3 Å². The Morgan fingerprint density at radius 2 is 1.82 bits per heavy atom. The van der Waals surface area contributed by atoms with Crippen LogP contribution in [0, 0.1) is 18.6 Å². The van der Waals surface area contributed by atoms with Gasteiger partial charge in [-0.25, -0.2) is 13.8 Å². The molecule has 0 spiro atoms. The number of rotatable bonds is 4. The van der Waals surface area contributed by atoms with Crippen LogP contribution in [0.5, 0.6) is 0 Å². The van der Waals surface area contributed by atoms with Gasteiger partial charge < -0.3 is 15.0 Å². The van der Waals surface area contributed by atoms with E-state index in [1.54, 1.807) is 0 Å². The molecule has 1 N–H and O–H groups in total. The number of hydrogen-bond acceptors (Lipinski definition) is 5. The second kappa shape index (κ2) is 9.17. The Labute approximate surface area is 221 Å². The van der Waals surface area contributed by atoms with E-state index >= 15 is 4.39 Å². The van der Waals surface area contributed by atoms with E-state index < -0.39 is 11.6 Å². The molecule has 1 saturated heterocycles. The highest BCUT2D eigenvalue weighted by atomic mass is 19.1. The third-order valence-corrected chi connectivity index (χ3v) is 7.66. The Morgan fingerprint density at radius 1 is 1.08 bits per heavy atom. The summed E-state index contributed by atoms with van der Waals surface area (Å²) in [5.74, 6) is -1.31. The minimum atomic E-state index is -0.666. The van der Waals surface area contributed by atoms with Crippen molar-refractivity contribution in [2.24, 2.45) is 0 Å². The third kappa shape index (κ3) is 3.93. The molecule has 0 saturated carbocycles. The summed E-state index contributed by atoms with van der Waals surface area (Å²) >= 11 is 0. The molecule has 2 aliphatic rings. The fourth-order valence-corrected chi connectivity index (χ4v) is 5.66. The zero-order valence-electron chi connectivity index (χ0n) is 21.9. The molecule has 2 aliphatic heterocycles. The van der Waals surface area contributed by atoms with E-state index in [4.69, 9.17) is 14.7 Å². The first-order valence-electron chi connectivity index (χ1n) is 12.9. The van der Waals surface area contributed by atoms with Crippen LogP contribution in [0.15, 0.2) is 55.2 Å². The molecular weight excluding hydrogens is 482 g/mol. The molecule has 0 amide bonds. The van der Waals surface area contributed by atoms with Crippen LogP contribution >= 0.6 is 0 Å². The summed E-state index contributed by atoms with van der Waals surface area (Å²) in [6.07, 6.45) is 1.90. The average molecular weight is 513 g/mol. The minimum absolute atomic E-state index is 0.203. The molecule has 5 nitrogen and oxygen atoms in total. The Balaban J connectivity index is 1.72. The monoisotopic (exact) mass is 512 g/mol. The first-order chi connectivity index (χ1) is 18.3. The Bertz CT molecular complexity index is 1580. The molecule has 1 fully saturated rings. The minimum Gasteiger partial charge on any atom is -0.382 e. The van der Waals surface area contributed by atoms with Gasteiger partial charge in [-0.2, -0.15) is 0 Å². The van der Waals surface area contributed by atoms with Gasteiger partial charge in [0.05, 0.1) is 47.7 Å². The molecule has 38 heavy (non-hydrogen) atoms. The Kier molecular flexibility index (Phi) is 5.91. The second-order valence-corrected chi connectivity index (χ2v) is 10.7. The molecule has 6 rings (SSSR count). The van der Waals surface area contributed by atoms with Crippen LogP contribution in [0.3, 0.4) is 0 Å². The number of hydrogen-bond donors (Lipinski definition) is 1. The van der Waals surface area contributed by atoms with Crippen LogP contribution in [-0.2, 0) is 10.2 Å². The standard InChI is InChI=1S/C31H30F2N4O/c1-18(20-8-6-5-7-9-20)28-19(2)25(26-22(33)14-21(32)15-23(26)36-28)27-24(37-10-12-38-13-11-37)16-34-30-29(27)35-17-31(30,3)4/h5-9,14-16,35H,1,10-13,17H2,2-4H3. The fourth-order valence-electron chi connectivity index (χ4n) is 5.66. The smallest absolute Gasteiger partial charge is 0.136 e. The topological polar surface area (TPSA) is 50.3 Å². The molecule has 4 heterocycles. The molecule has 0 bridgehead atoms. The summed E-state index contributed by atoms with van der Waals surface area (Å²) in [7, 11) is 0. The van der Waals surface area contributed by atoms with Crippen LogP contribution in [0.2, 0.25) is 0 Å². The van der Waals surface area contributed by atoms with Gasteiger partial charge in [-0.05, 0) is 18.1 Å². The molecule has 7 heteroatoms. The number of benzene rings is 2. The van der Waals surface area contributed by atoms with Crippen molar-refractivity contribution >= 4 is 27.9 Å². The molecule has 2 aromatic carbocycles. The van der Waals surface area contributed by atoms with Crippen LogP contribution in [-0.4, -0.2) is 42.8 Å². The van der Waals surface area contributed by atoms with E-state index in [0.29, 0.717) is 55.1 Å². The van der Waals surface area contributed by atoms with Crippen molar-refractivity contribution in [1.82, 2.24) is 9.97 Å². The van der Waals surface area contributed by atoms with Crippen LogP contribution in [0.1, 0.15) is 36.4 Å². The lowest BCUT2D eigenvalue weighted by Gasteiger charge is -2.32. The number of pyridine rings is 2. The number of fused-ring (bicyclic) bond motifs is 2. The SMILES string of the molecule is C=C(c1ccccc1)c1nc2cc(F)cc(F)c2c(-c2c(N3CCOCC3)cnc3c2NCC3(C)C)c1C. The van der Waals surface area contributed by atoms with Gasteiger partial charge >= 0.3 is 0 Å². The predicted octanol–water partition coefficient (Wildman–Crippen LogP) is 6.48. The molecule has 0 radical (unpaired) electrons. The molecule has 4 aromatic rings. The highest BCUT2D eigenvalue weighted by Crippen LogP contribution is 2.49. The van der Waals surface area contributed by atoms with Gasteiger partial charge in [0.1, 0.15) is 11.6 Å². The first-order valence-corrected chi connectivity index (χ1v) is 12.9. The summed E-state index contributed by atoms with van der Waals surface area (Å²) in [5, 5.41) is 3.87.